The third-order valence-electron chi connectivity index (χ3n) is 2.38. The first-order chi connectivity index (χ1) is 8.60. The summed E-state index contributed by atoms with van der Waals surface area (Å²) < 4.78 is 1.07. The Morgan fingerprint density at radius 1 is 1.17 bits per heavy atom. The van der Waals surface area contributed by atoms with Gasteiger partial charge in [0, 0.05) is 3.57 Å². The van der Waals surface area contributed by atoms with Crippen LogP contribution in [0.15, 0.2) is 36.4 Å². The van der Waals surface area contributed by atoms with Crippen LogP contribution in [0, 0.1) is 14.9 Å². The molecule has 3 N–H and O–H groups in total. The molecular weight excluding hydrogens is 361 g/mol. The Labute approximate surface area is 124 Å². The fraction of sp³-hybridized carbons (Fsp3) is 0. The highest BCUT2D eigenvalue weighted by molar-refractivity contribution is 14.1. The number of benzene rings is 2. The standard InChI is InChI=1S/C13H9ClIN3/c14-10-5-8(7-16)1-3-12(10)18-13-4-2-9(15)6-11(13)17/h1-6,18H,17H2. The fourth-order valence-corrected chi connectivity index (χ4v) is 2.22. The minimum atomic E-state index is 0.493. The Hall–Kier alpha value is -1.45. The van der Waals surface area contributed by atoms with Gasteiger partial charge in [-0.1, -0.05) is 11.6 Å². The zero-order chi connectivity index (χ0) is 13.1. The molecule has 0 aliphatic carbocycles. The average molecular weight is 370 g/mol. The van der Waals surface area contributed by atoms with E-state index in [9.17, 15) is 0 Å². The van der Waals surface area contributed by atoms with Gasteiger partial charge in [0.05, 0.1) is 33.7 Å². The molecule has 0 saturated carbocycles. The van der Waals surface area contributed by atoms with Gasteiger partial charge in [-0.3, -0.25) is 0 Å². The summed E-state index contributed by atoms with van der Waals surface area (Å²) in [7, 11) is 0. The monoisotopic (exact) mass is 369 g/mol. The second-order valence-electron chi connectivity index (χ2n) is 3.66. The molecule has 18 heavy (non-hydrogen) atoms. The smallest absolute Gasteiger partial charge is 0.0992 e. The molecule has 0 aromatic heterocycles. The van der Waals surface area contributed by atoms with Crippen molar-refractivity contribution in [1.29, 1.82) is 5.26 Å². The number of nitrogens with zero attached hydrogens (tertiary/aromatic N) is 1. The Morgan fingerprint density at radius 3 is 2.50 bits per heavy atom. The fourth-order valence-electron chi connectivity index (χ4n) is 1.48. The molecule has 0 saturated heterocycles. The summed E-state index contributed by atoms with van der Waals surface area (Å²) in [6.07, 6.45) is 0. The summed E-state index contributed by atoms with van der Waals surface area (Å²) in [5, 5.41) is 12.4. The number of halogens is 2. The Morgan fingerprint density at radius 2 is 1.89 bits per heavy atom. The molecule has 0 atom stereocenters. The molecule has 90 valence electrons. The van der Waals surface area contributed by atoms with E-state index in [0.29, 0.717) is 16.3 Å². The van der Waals surface area contributed by atoms with Gasteiger partial charge < -0.3 is 11.1 Å². The van der Waals surface area contributed by atoms with Crippen LogP contribution in [0.25, 0.3) is 0 Å². The van der Waals surface area contributed by atoms with Crippen LogP contribution in [-0.4, -0.2) is 0 Å². The van der Waals surface area contributed by atoms with Crippen LogP contribution < -0.4 is 11.1 Å². The lowest BCUT2D eigenvalue weighted by Crippen LogP contribution is -1.97. The number of nitriles is 1. The van der Waals surface area contributed by atoms with Gasteiger partial charge in [0.15, 0.2) is 0 Å². The van der Waals surface area contributed by atoms with E-state index >= 15 is 0 Å². The van der Waals surface area contributed by atoms with Crippen molar-refractivity contribution in [3.8, 4) is 6.07 Å². The zero-order valence-corrected chi connectivity index (χ0v) is 12.2. The molecule has 0 amide bonds. The van der Waals surface area contributed by atoms with E-state index in [2.05, 4.69) is 27.9 Å². The highest BCUT2D eigenvalue weighted by Gasteiger charge is 2.05. The number of nitrogens with two attached hydrogens (primary N) is 1. The van der Waals surface area contributed by atoms with E-state index in [4.69, 9.17) is 22.6 Å². The second kappa shape index (κ2) is 5.46. The van der Waals surface area contributed by atoms with Gasteiger partial charge in [0.1, 0.15) is 0 Å². The minimum absolute atomic E-state index is 0.493. The Bertz CT molecular complexity index is 635. The molecule has 0 bridgehead atoms. The highest BCUT2D eigenvalue weighted by Crippen LogP contribution is 2.29. The van der Waals surface area contributed by atoms with Crippen molar-refractivity contribution in [2.24, 2.45) is 0 Å². The number of hydrogen-bond donors (Lipinski definition) is 2. The van der Waals surface area contributed by atoms with Gasteiger partial charge in [0.2, 0.25) is 0 Å². The SMILES string of the molecule is N#Cc1ccc(Nc2ccc(I)cc2N)c(Cl)c1. The molecule has 3 nitrogen and oxygen atoms in total. The normalized spacial score (nSPS) is 9.83. The van der Waals surface area contributed by atoms with E-state index in [-0.39, 0.29) is 0 Å². The molecule has 2 rings (SSSR count). The van der Waals surface area contributed by atoms with Crippen molar-refractivity contribution >= 4 is 51.3 Å². The van der Waals surface area contributed by atoms with Crippen LogP contribution >= 0.6 is 34.2 Å². The lowest BCUT2D eigenvalue weighted by molar-refractivity contribution is 1.47. The number of hydrogen-bond acceptors (Lipinski definition) is 3. The minimum Gasteiger partial charge on any atom is -0.397 e. The molecule has 0 radical (unpaired) electrons. The maximum absolute atomic E-state index is 8.77. The van der Waals surface area contributed by atoms with Gasteiger partial charge in [0.25, 0.3) is 0 Å². The van der Waals surface area contributed by atoms with Gasteiger partial charge in [-0.2, -0.15) is 5.26 Å². The molecule has 0 aliphatic heterocycles. The first-order valence-electron chi connectivity index (χ1n) is 5.12. The summed E-state index contributed by atoms with van der Waals surface area (Å²) >= 11 is 8.29. The zero-order valence-electron chi connectivity index (χ0n) is 9.24. The van der Waals surface area contributed by atoms with E-state index in [1.165, 1.54) is 0 Å². The third-order valence-corrected chi connectivity index (χ3v) is 3.36. The average Bonchev–Trinajstić information content (AvgIpc) is 2.34. The summed E-state index contributed by atoms with van der Waals surface area (Å²) in [6.45, 7) is 0. The van der Waals surface area contributed by atoms with Crippen LogP contribution in [-0.2, 0) is 0 Å². The highest BCUT2D eigenvalue weighted by atomic mass is 127. The molecule has 0 aliphatic rings. The van der Waals surface area contributed by atoms with Gasteiger partial charge in [-0.05, 0) is 59.0 Å². The molecule has 2 aromatic carbocycles. The number of anilines is 3. The van der Waals surface area contributed by atoms with E-state index < -0.39 is 0 Å². The lowest BCUT2D eigenvalue weighted by Gasteiger charge is -2.11. The van der Waals surface area contributed by atoms with Crippen LogP contribution in [0.3, 0.4) is 0 Å². The predicted molar refractivity (Wildman–Crippen MR) is 83.0 cm³/mol. The summed E-state index contributed by atoms with van der Waals surface area (Å²) in [5.41, 5.74) is 8.62. The van der Waals surface area contributed by atoms with Crippen molar-refractivity contribution in [3.63, 3.8) is 0 Å². The first kappa shape index (κ1) is 13.0. The first-order valence-corrected chi connectivity index (χ1v) is 6.57. The van der Waals surface area contributed by atoms with Gasteiger partial charge >= 0.3 is 0 Å². The molecule has 0 fully saturated rings. The van der Waals surface area contributed by atoms with Gasteiger partial charge in [-0.15, -0.1) is 0 Å². The lowest BCUT2D eigenvalue weighted by atomic mass is 10.2. The van der Waals surface area contributed by atoms with E-state index in [0.717, 1.165) is 14.9 Å². The topological polar surface area (TPSA) is 61.8 Å². The molecule has 0 unspecified atom stereocenters. The number of nitrogens with one attached hydrogen (secondary N) is 1. The second-order valence-corrected chi connectivity index (χ2v) is 5.32. The van der Waals surface area contributed by atoms with Crippen molar-refractivity contribution < 1.29 is 0 Å². The number of rotatable bonds is 2. The molecular formula is C13H9ClIN3. The van der Waals surface area contributed by atoms with Crippen molar-refractivity contribution in [2.45, 2.75) is 0 Å². The molecule has 0 spiro atoms. The quantitative estimate of drug-likeness (QED) is 0.618. The van der Waals surface area contributed by atoms with Crippen LogP contribution in [0.2, 0.25) is 5.02 Å². The summed E-state index contributed by atoms with van der Waals surface area (Å²) in [4.78, 5) is 0. The summed E-state index contributed by atoms with van der Waals surface area (Å²) in [6, 6.07) is 12.9. The molecule has 0 heterocycles. The van der Waals surface area contributed by atoms with E-state index in [1.807, 2.05) is 24.3 Å². The van der Waals surface area contributed by atoms with Crippen molar-refractivity contribution in [2.75, 3.05) is 11.1 Å². The van der Waals surface area contributed by atoms with Crippen molar-refractivity contribution in [1.82, 2.24) is 0 Å². The number of nitrogen functional groups attached to an aromatic ring is 1. The summed E-state index contributed by atoms with van der Waals surface area (Å²) in [5.74, 6) is 0. The van der Waals surface area contributed by atoms with Crippen molar-refractivity contribution in [3.05, 3.63) is 50.6 Å². The maximum Gasteiger partial charge on any atom is 0.0992 e. The van der Waals surface area contributed by atoms with Crippen LogP contribution in [0.1, 0.15) is 5.56 Å². The van der Waals surface area contributed by atoms with Gasteiger partial charge in [-0.25, -0.2) is 0 Å². The predicted octanol–water partition coefficient (Wildman–Crippen LogP) is 4.14. The van der Waals surface area contributed by atoms with E-state index in [1.54, 1.807) is 18.2 Å². The maximum atomic E-state index is 8.77. The largest absolute Gasteiger partial charge is 0.397 e. The molecule has 2 aromatic rings. The molecule has 5 heteroatoms. The van der Waals surface area contributed by atoms with Crippen LogP contribution in [0.4, 0.5) is 17.1 Å². The Balaban J connectivity index is 2.32. The third kappa shape index (κ3) is 2.86. The van der Waals surface area contributed by atoms with Crippen LogP contribution in [0.5, 0.6) is 0 Å². The Kier molecular flexibility index (Phi) is 3.94.